The van der Waals surface area contributed by atoms with Gasteiger partial charge >= 0.3 is 5.97 Å². The summed E-state index contributed by atoms with van der Waals surface area (Å²) in [6.07, 6.45) is 0. The van der Waals surface area contributed by atoms with E-state index in [2.05, 4.69) is 10.1 Å². The molecule has 150 valence electrons. The number of esters is 1. The molecule has 2 aromatic carbocycles. The number of rotatable bonds is 9. The summed E-state index contributed by atoms with van der Waals surface area (Å²) in [5.74, 6) is 1.15. The van der Waals surface area contributed by atoms with Gasteiger partial charge in [0.05, 0.1) is 28.4 Å². The van der Waals surface area contributed by atoms with Crippen molar-refractivity contribution in [1.82, 2.24) is 5.32 Å². The second-order valence-electron chi connectivity index (χ2n) is 5.59. The molecular weight excluding hydrogens is 366 g/mol. The molecule has 0 aliphatic heterocycles. The van der Waals surface area contributed by atoms with E-state index >= 15 is 0 Å². The van der Waals surface area contributed by atoms with Gasteiger partial charge in [-0.3, -0.25) is 4.79 Å². The molecule has 0 aromatic heterocycles. The van der Waals surface area contributed by atoms with Gasteiger partial charge in [0, 0.05) is 17.7 Å². The molecule has 0 atom stereocenters. The van der Waals surface area contributed by atoms with Crippen LogP contribution < -0.4 is 24.3 Å². The van der Waals surface area contributed by atoms with E-state index in [1.54, 1.807) is 44.6 Å². The minimum absolute atomic E-state index is 0.252. The van der Waals surface area contributed by atoms with Crippen molar-refractivity contribution < 1.29 is 33.3 Å². The molecule has 1 N–H and O–H groups in total. The van der Waals surface area contributed by atoms with Crippen LogP contribution in [0.3, 0.4) is 0 Å². The SMILES string of the molecule is COC(=O)COc1ccc(C(=O)NCc2cc(OC)ccc2OC)cc1OC. The number of carbonyl (C=O) groups is 2. The zero-order valence-corrected chi connectivity index (χ0v) is 16.2. The third kappa shape index (κ3) is 5.29. The smallest absolute Gasteiger partial charge is 0.343 e. The summed E-state index contributed by atoms with van der Waals surface area (Å²) >= 11 is 0. The van der Waals surface area contributed by atoms with Crippen molar-refractivity contribution in [1.29, 1.82) is 0 Å². The maximum atomic E-state index is 12.5. The van der Waals surface area contributed by atoms with Crippen molar-refractivity contribution >= 4 is 11.9 Å². The van der Waals surface area contributed by atoms with Crippen LogP contribution in [0.15, 0.2) is 36.4 Å². The van der Waals surface area contributed by atoms with E-state index in [-0.39, 0.29) is 19.1 Å². The molecule has 0 unspecified atom stereocenters. The van der Waals surface area contributed by atoms with Crippen LogP contribution in [0.4, 0.5) is 0 Å². The van der Waals surface area contributed by atoms with E-state index in [1.165, 1.54) is 20.3 Å². The third-order valence-electron chi connectivity index (χ3n) is 3.93. The Balaban J connectivity index is 2.09. The summed E-state index contributed by atoms with van der Waals surface area (Å²) in [7, 11) is 5.85. The Morgan fingerprint density at radius 3 is 2.21 bits per heavy atom. The third-order valence-corrected chi connectivity index (χ3v) is 3.93. The molecule has 0 aliphatic carbocycles. The van der Waals surface area contributed by atoms with Crippen LogP contribution in [0.2, 0.25) is 0 Å². The van der Waals surface area contributed by atoms with Gasteiger partial charge in [-0.05, 0) is 36.4 Å². The van der Waals surface area contributed by atoms with E-state index < -0.39 is 5.97 Å². The summed E-state index contributed by atoms with van der Waals surface area (Å²) in [6.45, 7) is -0.00382. The monoisotopic (exact) mass is 389 g/mol. The first kappa shape index (κ1) is 20.9. The molecule has 0 fully saturated rings. The van der Waals surface area contributed by atoms with Crippen LogP contribution in [-0.2, 0) is 16.1 Å². The lowest BCUT2D eigenvalue weighted by atomic mass is 10.1. The van der Waals surface area contributed by atoms with Crippen LogP contribution in [-0.4, -0.2) is 46.9 Å². The topological polar surface area (TPSA) is 92.3 Å². The number of hydrogen-bond donors (Lipinski definition) is 1. The number of nitrogens with one attached hydrogen (secondary N) is 1. The van der Waals surface area contributed by atoms with Gasteiger partial charge in [-0.25, -0.2) is 4.79 Å². The zero-order chi connectivity index (χ0) is 20.5. The molecule has 0 saturated carbocycles. The quantitative estimate of drug-likeness (QED) is 0.657. The van der Waals surface area contributed by atoms with Crippen LogP contribution in [0, 0.1) is 0 Å². The van der Waals surface area contributed by atoms with Crippen molar-refractivity contribution in [3.05, 3.63) is 47.5 Å². The van der Waals surface area contributed by atoms with Crippen molar-refractivity contribution in [2.45, 2.75) is 6.54 Å². The zero-order valence-electron chi connectivity index (χ0n) is 16.2. The summed E-state index contributed by atoms with van der Waals surface area (Å²) in [5.41, 5.74) is 1.16. The van der Waals surface area contributed by atoms with E-state index in [0.717, 1.165) is 5.56 Å². The molecule has 28 heavy (non-hydrogen) atoms. The highest BCUT2D eigenvalue weighted by atomic mass is 16.6. The van der Waals surface area contributed by atoms with Crippen LogP contribution in [0.1, 0.15) is 15.9 Å². The standard InChI is InChI=1S/C20H23NO7/c1-24-15-6-8-16(25-2)14(9-15)11-21-20(23)13-5-7-17(18(10-13)26-3)28-12-19(22)27-4/h5-10H,11-12H2,1-4H3,(H,21,23). The lowest BCUT2D eigenvalue weighted by molar-refractivity contribution is -0.142. The van der Waals surface area contributed by atoms with Gasteiger partial charge in [0.15, 0.2) is 18.1 Å². The van der Waals surface area contributed by atoms with Crippen molar-refractivity contribution in [2.75, 3.05) is 35.0 Å². The predicted molar refractivity (Wildman–Crippen MR) is 101 cm³/mol. The van der Waals surface area contributed by atoms with Gasteiger partial charge < -0.3 is 29.0 Å². The normalized spacial score (nSPS) is 10.0. The number of amides is 1. The van der Waals surface area contributed by atoms with Crippen molar-refractivity contribution in [3.8, 4) is 23.0 Å². The molecule has 2 rings (SSSR count). The lowest BCUT2D eigenvalue weighted by Gasteiger charge is -2.13. The van der Waals surface area contributed by atoms with E-state index in [0.29, 0.717) is 28.6 Å². The number of benzene rings is 2. The first-order valence-corrected chi connectivity index (χ1v) is 8.39. The van der Waals surface area contributed by atoms with Gasteiger partial charge in [0.1, 0.15) is 11.5 Å². The number of carbonyl (C=O) groups excluding carboxylic acids is 2. The molecule has 0 heterocycles. The second kappa shape index (κ2) is 10.1. The average Bonchev–Trinajstić information content (AvgIpc) is 2.75. The first-order valence-electron chi connectivity index (χ1n) is 8.39. The highest BCUT2D eigenvalue weighted by molar-refractivity contribution is 5.94. The summed E-state index contributed by atoms with van der Waals surface area (Å²) in [4.78, 5) is 23.7. The van der Waals surface area contributed by atoms with Gasteiger partial charge in [0.2, 0.25) is 0 Å². The van der Waals surface area contributed by atoms with Crippen molar-refractivity contribution in [3.63, 3.8) is 0 Å². The van der Waals surface area contributed by atoms with Crippen LogP contribution >= 0.6 is 0 Å². The molecule has 0 aliphatic rings. The summed E-state index contributed by atoms with van der Waals surface area (Å²) in [6, 6.07) is 10.0. The molecule has 8 heteroatoms. The summed E-state index contributed by atoms with van der Waals surface area (Å²) in [5, 5.41) is 2.83. The minimum atomic E-state index is -0.517. The maximum Gasteiger partial charge on any atom is 0.343 e. The minimum Gasteiger partial charge on any atom is -0.497 e. The van der Waals surface area contributed by atoms with E-state index in [4.69, 9.17) is 18.9 Å². The van der Waals surface area contributed by atoms with Gasteiger partial charge in [-0.1, -0.05) is 0 Å². The lowest BCUT2D eigenvalue weighted by Crippen LogP contribution is -2.23. The first-order chi connectivity index (χ1) is 13.5. The Kier molecular flexibility index (Phi) is 7.50. The number of hydrogen-bond acceptors (Lipinski definition) is 7. The number of ether oxygens (including phenoxy) is 5. The highest BCUT2D eigenvalue weighted by Crippen LogP contribution is 2.28. The van der Waals surface area contributed by atoms with E-state index in [1.807, 2.05) is 0 Å². The highest BCUT2D eigenvalue weighted by Gasteiger charge is 2.13. The Labute approximate surface area is 163 Å². The van der Waals surface area contributed by atoms with Crippen LogP contribution in [0.5, 0.6) is 23.0 Å². The molecule has 1 amide bonds. The van der Waals surface area contributed by atoms with E-state index in [9.17, 15) is 9.59 Å². The Bertz CT molecular complexity index is 835. The molecule has 2 aromatic rings. The Morgan fingerprint density at radius 2 is 1.57 bits per heavy atom. The van der Waals surface area contributed by atoms with Gasteiger partial charge in [0.25, 0.3) is 5.91 Å². The predicted octanol–water partition coefficient (Wildman–Crippen LogP) is 2.19. The number of methoxy groups -OCH3 is 4. The largest absolute Gasteiger partial charge is 0.497 e. The van der Waals surface area contributed by atoms with Gasteiger partial charge in [-0.2, -0.15) is 0 Å². The molecule has 8 nitrogen and oxygen atoms in total. The second-order valence-corrected chi connectivity index (χ2v) is 5.59. The Hall–Kier alpha value is -3.42. The molecule has 0 radical (unpaired) electrons. The summed E-state index contributed by atoms with van der Waals surface area (Å²) < 4.78 is 25.6. The maximum absolute atomic E-state index is 12.5. The van der Waals surface area contributed by atoms with Gasteiger partial charge in [-0.15, -0.1) is 0 Å². The van der Waals surface area contributed by atoms with Crippen molar-refractivity contribution in [2.24, 2.45) is 0 Å². The molecular formula is C20H23NO7. The fourth-order valence-corrected chi connectivity index (χ4v) is 2.42. The molecule has 0 saturated heterocycles. The molecule has 0 spiro atoms. The van der Waals surface area contributed by atoms with Crippen LogP contribution in [0.25, 0.3) is 0 Å². The average molecular weight is 389 g/mol. The molecule has 0 bridgehead atoms. The fraction of sp³-hybridized carbons (Fsp3) is 0.300. The fourth-order valence-electron chi connectivity index (χ4n) is 2.42. The Morgan fingerprint density at radius 1 is 0.857 bits per heavy atom.